The Morgan fingerprint density at radius 1 is 1.00 bits per heavy atom. The second kappa shape index (κ2) is 6.20. The number of carbonyl (C=O) groups is 1. The SMILES string of the molecule is Cc1ccc(/C=C/C(=O)Nc2ccc3c(c2)n(C)c(=O)n3C)cc1. The van der Waals surface area contributed by atoms with Crippen molar-refractivity contribution >= 4 is 28.7 Å². The number of nitrogens with one attached hydrogen (secondary N) is 1. The van der Waals surface area contributed by atoms with Crippen molar-refractivity contribution in [3.05, 3.63) is 70.2 Å². The van der Waals surface area contributed by atoms with Crippen LogP contribution in [-0.2, 0) is 18.9 Å². The van der Waals surface area contributed by atoms with E-state index < -0.39 is 0 Å². The molecule has 0 spiro atoms. The van der Waals surface area contributed by atoms with Crippen LogP contribution in [0.2, 0.25) is 0 Å². The van der Waals surface area contributed by atoms with Crippen molar-refractivity contribution < 1.29 is 4.79 Å². The number of benzene rings is 2. The lowest BCUT2D eigenvalue weighted by atomic mass is 10.1. The molecular weight excluding hydrogens is 302 g/mol. The fraction of sp³-hybridized carbons (Fsp3) is 0.158. The second-order valence-electron chi connectivity index (χ2n) is 5.84. The number of hydrogen-bond acceptors (Lipinski definition) is 2. The summed E-state index contributed by atoms with van der Waals surface area (Å²) in [5.41, 5.74) is 4.32. The molecule has 122 valence electrons. The molecule has 1 N–H and O–H groups in total. The Hall–Kier alpha value is -3.08. The zero-order chi connectivity index (χ0) is 17.3. The van der Waals surface area contributed by atoms with Crippen LogP contribution < -0.4 is 11.0 Å². The third kappa shape index (κ3) is 3.01. The molecule has 0 fully saturated rings. The minimum absolute atomic E-state index is 0.0901. The average Bonchev–Trinajstić information content (AvgIpc) is 2.79. The van der Waals surface area contributed by atoms with Crippen LogP contribution in [0.4, 0.5) is 5.69 Å². The van der Waals surface area contributed by atoms with E-state index in [9.17, 15) is 9.59 Å². The number of anilines is 1. The second-order valence-corrected chi connectivity index (χ2v) is 5.84. The summed E-state index contributed by atoms with van der Waals surface area (Å²) in [6.45, 7) is 2.02. The highest BCUT2D eigenvalue weighted by Gasteiger charge is 2.08. The minimum Gasteiger partial charge on any atom is -0.322 e. The topological polar surface area (TPSA) is 56.0 Å². The number of hydrogen-bond donors (Lipinski definition) is 1. The van der Waals surface area contributed by atoms with E-state index in [1.165, 1.54) is 11.6 Å². The van der Waals surface area contributed by atoms with Crippen molar-refractivity contribution in [1.82, 2.24) is 9.13 Å². The molecule has 3 rings (SSSR count). The number of aromatic nitrogens is 2. The van der Waals surface area contributed by atoms with Gasteiger partial charge in [-0.15, -0.1) is 0 Å². The van der Waals surface area contributed by atoms with Crippen molar-refractivity contribution in [2.75, 3.05) is 5.32 Å². The molecule has 1 heterocycles. The maximum atomic E-state index is 12.1. The molecule has 0 aliphatic carbocycles. The molecule has 0 unspecified atom stereocenters. The quantitative estimate of drug-likeness (QED) is 0.754. The van der Waals surface area contributed by atoms with Crippen LogP contribution in [0.3, 0.4) is 0 Å². The number of imidazole rings is 1. The van der Waals surface area contributed by atoms with E-state index in [0.29, 0.717) is 5.69 Å². The molecule has 3 aromatic rings. The fourth-order valence-electron chi connectivity index (χ4n) is 2.62. The Labute approximate surface area is 139 Å². The van der Waals surface area contributed by atoms with Crippen LogP contribution in [-0.4, -0.2) is 15.0 Å². The fourth-order valence-corrected chi connectivity index (χ4v) is 2.62. The summed E-state index contributed by atoms with van der Waals surface area (Å²) >= 11 is 0. The van der Waals surface area contributed by atoms with Crippen LogP contribution in [0.5, 0.6) is 0 Å². The zero-order valence-electron chi connectivity index (χ0n) is 13.9. The molecule has 0 saturated carbocycles. The number of nitrogens with zero attached hydrogens (tertiary/aromatic N) is 2. The molecule has 2 aromatic carbocycles. The Bertz CT molecular complexity index is 992. The third-order valence-corrected chi connectivity index (χ3v) is 4.04. The molecule has 24 heavy (non-hydrogen) atoms. The van der Waals surface area contributed by atoms with Gasteiger partial charge in [-0.1, -0.05) is 29.8 Å². The van der Waals surface area contributed by atoms with Gasteiger partial charge in [-0.2, -0.15) is 0 Å². The van der Waals surface area contributed by atoms with Gasteiger partial charge >= 0.3 is 5.69 Å². The van der Waals surface area contributed by atoms with Gasteiger partial charge in [0.05, 0.1) is 11.0 Å². The van der Waals surface area contributed by atoms with Gasteiger partial charge in [-0.3, -0.25) is 13.9 Å². The number of carbonyl (C=O) groups excluding carboxylic acids is 1. The van der Waals surface area contributed by atoms with Gasteiger partial charge in [-0.05, 0) is 36.8 Å². The van der Waals surface area contributed by atoms with Crippen molar-refractivity contribution in [2.24, 2.45) is 14.1 Å². The molecular formula is C19H19N3O2. The van der Waals surface area contributed by atoms with Gasteiger partial charge in [0.25, 0.3) is 0 Å². The molecule has 5 heteroatoms. The third-order valence-electron chi connectivity index (χ3n) is 4.04. The van der Waals surface area contributed by atoms with Gasteiger partial charge in [-0.25, -0.2) is 4.79 Å². The number of aryl methyl sites for hydroxylation is 3. The Kier molecular flexibility index (Phi) is 4.08. The standard InChI is InChI=1S/C19H19N3O2/c1-13-4-6-14(7-5-13)8-11-18(23)20-15-9-10-16-17(12-15)22(3)19(24)21(16)2/h4-12H,1-3H3,(H,20,23)/b11-8+. The van der Waals surface area contributed by atoms with Crippen LogP contribution in [0.25, 0.3) is 17.1 Å². The highest BCUT2D eigenvalue weighted by Crippen LogP contribution is 2.17. The first-order chi connectivity index (χ1) is 11.5. The van der Waals surface area contributed by atoms with Gasteiger partial charge in [0, 0.05) is 25.9 Å². The Balaban J connectivity index is 1.79. The summed E-state index contributed by atoms with van der Waals surface area (Å²) in [5.74, 6) is -0.212. The number of fused-ring (bicyclic) bond motifs is 1. The predicted molar refractivity (Wildman–Crippen MR) is 97.0 cm³/mol. The van der Waals surface area contributed by atoms with E-state index in [0.717, 1.165) is 16.6 Å². The molecule has 5 nitrogen and oxygen atoms in total. The molecule has 0 saturated heterocycles. The van der Waals surface area contributed by atoms with E-state index in [4.69, 9.17) is 0 Å². The van der Waals surface area contributed by atoms with Crippen LogP contribution >= 0.6 is 0 Å². The summed E-state index contributed by atoms with van der Waals surface area (Å²) in [6.07, 6.45) is 3.27. The summed E-state index contributed by atoms with van der Waals surface area (Å²) in [4.78, 5) is 24.0. The zero-order valence-corrected chi connectivity index (χ0v) is 13.9. The number of rotatable bonds is 3. The normalized spacial score (nSPS) is 11.3. The van der Waals surface area contributed by atoms with E-state index in [1.807, 2.05) is 37.3 Å². The molecule has 1 aromatic heterocycles. The Morgan fingerprint density at radius 2 is 1.67 bits per heavy atom. The summed E-state index contributed by atoms with van der Waals surface area (Å²) in [6, 6.07) is 13.3. The molecule has 0 radical (unpaired) electrons. The molecule has 0 aliphatic heterocycles. The summed E-state index contributed by atoms with van der Waals surface area (Å²) in [5, 5.41) is 2.82. The monoisotopic (exact) mass is 321 g/mol. The molecule has 1 amide bonds. The first kappa shape index (κ1) is 15.8. The van der Waals surface area contributed by atoms with Crippen LogP contribution in [0.1, 0.15) is 11.1 Å². The Morgan fingerprint density at radius 3 is 2.38 bits per heavy atom. The first-order valence-corrected chi connectivity index (χ1v) is 7.67. The lowest BCUT2D eigenvalue weighted by Gasteiger charge is -2.03. The van der Waals surface area contributed by atoms with E-state index in [-0.39, 0.29) is 11.6 Å². The van der Waals surface area contributed by atoms with Gasteiger partial charge in [0.15, 0.2) is 0 Å². The lowest BCUT2D eigenvalue weighted by molar-refractivity contribution is -0.111. The van der Waals surface area contributed by atoms with E-state index in [2.05, 4.69) is 5.32 Å². The molecule has 0 aliphatic rings. The van der Waals surface area contributed by atoms with Crippen molar-refractivity contribution in [3.63, 3.8) is 0 Å². The summed E-state index contributed by atoms with van der Waals surface area (Å²) in [7, 11) is 3.45. The van der Waals surface area contributed by atoms with Gasteiger partial charge < -0.3 is 5.32 Å². The largest absolute Gasteiger partial charge is 0.328 e. The lowest BCUT2D eigenvalue weighted by Crippen LogP contribution is -2.19. The van der Waals surface area contributed by atoms with Crippen molar-refractivity contribution in [1.29, 1.82) is 0 Å². The smallest absolute Gasteiger partial charge is 0.322 e. The molecule has 0 atom stereocenters. The average molecular weight is 321 g/mol. The van der Waals surface area contributed by atoms with E-state index in [1.54, 1.807) is 41.4 Å². The highest BCUT2D eigenvalue weighted by molar-refractivity contribution is 6.02. The van der Waals surface area contributed by atoms with Crippen molar-refractivity contribution in [2.45, 2.75) is 6.92 Å². The maximum Gasteiger partial charge on any atom is 0.328 e. The van der Waals surface area contributed by atoms with Crippen molar-refractivity contribution in [3.8, 4) is 0 Å². The van der Waals surface area contributed by atoms with E-state index >= 15 is 0 Å². The summed E-state index contributed by atoms with van der Waals surface area (Å²) < 4.78 is 3.14. The van der Waals surface area contributed by atoms with Gasteiger partial charge in [0.1, 0.15) is 0 Å². The molecule has 0 bridgehead atoms. The highest BCUT2D eigenvalue weighted by atomic mass is 16.2. The minimum atomic E-state index is -0.212. The maximum absolute atomic E-state index is 12.1. The number of amides is 1. The predicted octanol–water partition coefficient (Wildman–Crippen LogP) is 2.84. The van der Waals surface area contributed by atoms with Crippen LogP contribution in [0, 0.1) is 6.92 Å². The van der Waals surface area contributed by atoms with Gasteiger partial charge in [0.2, 0.25) is 5.91 Å². The first-order valence-electron chi connectivity index (χ1n) is 7.67. The van der Waals surface area contributed by atoms with Crippen LogP contribution in [0.15, 0.2) is 53.3 Å².